The van der Waals surface area contributed by atoms with E-state index < -0.39 is 36.3 Å². The molecule has 6 aromatic rings. The Balaban J connectivity index is 1.58. The Hall–Kier alpha value is -4.76. The molecule has 238 valence electrons. The lowest BCUT2D eigenvalue weighted by atomic mass is 9.96. The summed E-state index contributed by atoms with van der Waals surface area (Å²) in [5.74, 6) is -2.43. The van der Waals surface area contributed by atoms with E-state index in [1.807, 2.05) is 36.7 Å². The Morgan fingerprint density at radius 3 is 2.74 bits per heavy atom. The number of H-pyrrole nitrogens is 1. The zero-order valence-corrected chi connectivity index (χ0v) is 25.9. The molecule has 0 saturated heterocycles. The summed E-state index contributed by atoms with van der Waals surface area (Å²) in [5, 5.41) is 36.7. The highest BCUT2D eigenvalue weighted by Crippen LogP contribution is 2.47. The second kappa shape index (κ2) is 12.9. The van der Waals surface area contributed by atoms with Crippen molar-refractivity contribution in [1.29, 1.82) is 0 Å². The molecule has 0 spiro atoms. The summed E-state index contributed by atoms with van der Waals surface area (Å²) >= 11 is 1.37. The van der Waals surface area contributed by atoms with Crippen LogP contribution in [0, 0.1) is 11.6 Å². The number of aliphatic hydroxyl groups is 2. The van der Waals surface area contributed by atoms with E-state index in [-0.39, 0.29) is 30.2 Å². The highest BCUT2D eigenvalue weighted by Gasteiger charge is 2.27. The third-order valence-electron chi connectivity index (χ3n) is 7.58. The van der Waals surface area contributed by atoms with Crippen molar-refractivity contribution in [3.05, 3.63) is 71.4 Å². The van der Waals surface area contributed by atoms with Crippen molar-refractivity contribution in [2.75, 3.05) is 26.9 Å². The number of halogens is 2. The number of ether oxygens (including phenoxy) is 2. The number of aromatic nitrogens is 5. The summed E-state index contributed by atoms with van der Waals surface area (Å²) < 4.78 is 43.8. The normalized spacial score (nSPS) is 12.9. The molecule has 4 heterocycles. The summed E-state index contributed by atoms with van der Waals surface area (Å²) in [5.41, 5.74) is 3.78. The highest BCUT2D eigenvalue weighted by molar-refractivity contribution is 7.18. The highest BCUT2D eigenvalue weighted by atomic mass is 32.1. The number of rotatable bonds is 11. The Labute approximate surface area is 265 Å². The van der Waals surface area contributed by atoms with E-state index in [0.29, 0.717) is 27.3 Å². The lowest BCUT2D eigenvalue weighted by Gasteiger charge is -2.17. The molecule has 11 nitrogen and oxygen atoms in total. The molecular weight excluding hydrogens is 618 g/mol. The minimum absolute atomic E-state index is 0.0127. The van der Waals surface area contributed by atoms with Crippen LogP contribution in [0.25, 0.3) is 54.8 Å². The molecule has 46 heavy (non-hydrogen) atoms. The molecule has 0 aliphatic heterocycles. The van der Waals surface area contributed by atoms with Gasteiger partial charge in [-0.15, -0.1) is 11.3 Å². The number of hydrogen-bond donors (Lipinski definition) is 4. The van der Waals surface area contributed by atoms with Crippen molar-refractivity contribution in [2.24, 2.45) is 7.05 Å². The van der Waals surface area contributed by atoms with Crippen LogP contribution in [-0.2, 0) is 16.6 Å². The van der Waals surface area contributed by atoms with Crippen LogP contribution >= 0.6 is 11.3 Å². The van der Waals surface area contributed by atoms with E-state index in [1.165, 1.54) is 18.4 Å². The zero-order valence-electron chi connectivity index (χ0n) is 25.0. The number of aromatic amines is 1. The van der Waals surface area contributed by atoms with Gasteiger partial charge in [-0.2, -0.15) is 10.2 Å². The van der Waals surface area contributed by atoms with E-state index in [0.717, 1.165) is 34.0 Å². The number of carbonyl (C=O) groups is 1. The van der Waals surface area contributed by atoms with Crippen molar-refractivity contribution in [3.63, 3.8) is 0 Å². The van der Waals surface area contributed by atoms with Crippen LogP contribution in [0.5, 0.6) is 5.75 Å². The third-order valence-corrected chi connectivity index (χ3v) is 8.51. The van der Waals surface area contributed by atoms with E-state index in [4.69, 9.17) is 19.6 Å². The van der Waals surface area contributed by atoms with Gasteiger partial charge in [0.15, 0.2) is 6.10 Å². The van der Waals surface area contributed by atoms with Crippen LogP contribution in [0.1, 0.15) is 18.7 Å². The van der Waals surface area contributed by atoms with Gasteiger partial charge in [-0.25, -0.2) is 13.8 Å². The predicted octanol–water partition coefficient (Wildman–Crippen LogP) is 4.74. The number of pyridine rings is 1. The standard InChI is InChI=1S/C32H30F2N6O5S/c1-16(36-32(43)25(42)15-41)22-13-23(39-38-22)30-28(27-21(34)11-19(33)12-26(27)45-8-7-44-3)31-20(6-9-46-31)29(37-30)17-4-5-24-18(10-17)14-35-40(24)2/h4-6,9-14,16,25,41-42H,7-8,15H2,1-3H3,(H,36,43)(H,38,39)/t16-,25-/m1/s1. The number of thiophene rings is 1. The molecule has 14 heteroatoms. The monoisotopic (exact) mass is 648 g/mol. The number of fused-ring (bicyclic) bond motifs is 2. The van der Waals surface area contributed by atoms with Gasteiger partial charge >= 0.3 is 0 Å². The lowest BCUT2D eigenvalue weighted by molar-refractivity contribution is -0.131. The van der Waals surface area contributed by atoms with E-state index in [1.54, 1.807) is 23.9 Å². The number of aliphatic hydroxyl groups excluding tert-OH is 2. The van der Waals surface area contributed by atoms with E-state index in [2.05, 4.69) is 20.6 Å². The van der Waals surface area contributed by atoms with E-state index >= 15 is 4.39 Å². The fourth-order valence-corrected chi connectivity index (χ4v) is 6.21. The average Bonchev–Trinajstić information content (AvgIpc) is 3.81. The molecule has 2 aromatic carbocycles. The van der Waals surface area contributed by atoms with Crippen LogP contribution in [0.2, 0.25) is 0 Å². The number of benzene rings is 2. The van der Waals surface area contributed by atoms with Gasteiger partial charge in [0, 0.05) is 52.9 Å². The quantitative estimate of drug-likeness (QED) is 0.147. The Morgan fingerprint density at radius 2 is 1.96 bits per heavy atom. The average molecular weight is 649 g/mol. The molecule has 2 atom stereocenters. The van der Waals surface area contributed by atoms with Gasteiger partial charge in [0.1, 0.15) is 35.4 Å². The van der Waals surface area contributed by atoms with Gasteiger partial charge in [-0.3, -0.25) is 14.6 Å². The van der Waals surface area contributed by atoms with Gasteiger partial charge in [0.05, 0.1) is 47.9 Å². The molecule has 0 aliphatic carbocycles. The van der Waals surface area contributed by atoms with Crippen LogP contribution in [0.15, 0.2) is 54.0 Å². The first-order chi connectivity index (χ1) is 22.2. The van der Waals surface area contributed by atoms with E-state index in [9.17, 15) is 14.3 Å². The maximum absolute atomic E-state index is 15.9. The molecule has 4 N–H and O–H groups in total. The van der Waals surface area contributed by atoms with Gasteiger partial charge in [-0.1, -0.05) is 6.07 Å². The largest absolute Gasteiger partial charge is 0.490 e. The minimum Gasteiger partial charge on any atom is -0.490 e. The number of amides is 1. The first-order valence-corrected chi connectivity index (χ1v) is 15.2. The molecule has 1 amide bonds. The van der Waals surface area contributed by atoms with Crippen molar-refractivity contribution in [2.45, 2.75) is 19.1 Å². The summed E-state index contributed by atoms with van der Waals surface area (Å²) in [6, 6.07) is 10.7. The number of carbonyl (C=O) groups excluding carboxylic acids is 1. The first-order valence-electron chi connectivity index (χ1n) is 14.3. The van der Waals surface area contributed by atoms with Crippen LogP contribution in [-0.4, -0.2) is 74.1 Å². The van der Waals surface area contributed by atoms with Crippen molar-refractivity contribution >= 4 is 38.2 Å². The molecule has 0 radical (unpaired) electrons. The molecule has 0 unspecified atom stereocenters. The summed E-state index contributed by atoms with van der Waals surface area (Å²) in [4.78, 5) is 17.3. The van der Waals surface area contributed by atoms with Gasteiger partial charge in [0.2, 0.25) is 0 Å². The fraction of sp³-hybridized carbons (Fsp3) is 0.250. The zero-order chi connectivity index (χ0) is 32.5. The Bertz CT molecular complexity index is 2060. The molecule has 6 rings (SSSR count). The second-order valence-electron chi connectivity index (χ2n) is 10.6. The number of nitrogens with zero attached hydrogens (tertiary/aromatic N) is 4. The second-order valence-corrected chi connectivity index (χ2v) is 11.5. The minimum atomic E-state index is -1.59. The SMILES string of the molecule is COCCOc1cc(F)cc(F)c1-c1c(-c2cc([C@@H](C)NC(=O)[C@H](O)CO)[nH]n2)nc(-c2ccc3c(cnn3C)c2)c2ccsc12. The van der Waals surface area contributed by atoms with Crippen molar-refractivity contribution in [1.82, 2.24) is 30.3 Å². The number of hydrogen-bond acceptors (Lipinski definition) is 9. The molecule has 0 fully saturated rings. The summed E-state index contributed by atoms with van der Waals surface area (Å²) in [6.07, 6.45) is 0.178. The molecule has 0 bridgehead atoms. The van der Waals surface area contributed by atoms with Crippen molar-refractivity contribution < 1.29 is 33.3 Å². The smallest absolute Gasteiger partial charge is 0.251 e. The van der Waals surface area contributed by atoms with Gasteiger partial charge < -0.3 is 25.0 Å². The summed E-state index contributed by atoms with van der Waals surface area (Å²) in [6.45, 7) is 1.19. The Kier molecular flexibility index (Phi) is 8.77. The third kappa shape index (κ3) is 5.83. The number of aryl methyl sites for hydroxylation is 1. The molecule has 0 saturated carbocycles. The first kappa shape index (κ1) is 31.2. The Morgan fingerprint density at radius 1 is 1.13 bits per heavy atom. The fourth-order valence-electron chi connectivity index (χ4n) is 5.26. The van der Waals surface area contributed by atoms with Crippen LogP contribution in [0.4, 0.5) is 8.78 Å². The molecular formula is C32H30F2N6O5S. The number of nitrogens with one attached hydrogen (secondary N) is 2. The lowest BCUT2D eigenvalue weighted by Crippen LogP contribution is -2.38. The predicted molar refractivity (Wildman–Crippen MR) is 169 cm³/mol. The molecule has 4 aromatic heterocycles. The van der Waals surface area contributed by atoms with Gasteiger partial charge in [0.25, 0.3) is 5.91 Å². The van der Waals surface area contributed by atoms with Crippen molar-refractivity contribution in [3.8, 4) is 39.5 Å². The van der Waals surface area contributed by atoms with Crippen LogP contribution < -0.4 is 10.1 Å². The maximum Gasteiger partial charge on any atom is 0.251 e. The topological polar surface area (TPSA) is 147 Å². The van der Waals surface area contributed by atoms with Crippen LogP contribution in [0.3, 0.4) is 0 Å². The van der Waals surface area contributed by atoms with Gasteiger partial charge in [-0.05, 0) is 36.6 Å². The molecule has 0 aliphatic rings. The maximum atomic E-state index is 15.9. The summed E-state index contributed by atoms with van der Waals surface area (Å²) in [7, 11) is 3.36. The number of methoxy groups -OCH3 is 1.